The molecule has 1 unspecified atom stereocenters. The lowest BCUT2D eigenvalue weighted by Gasteiger charge is -2.27. The molecule has 36 heavy (non-hydrogen) atoms. The predicted octanol–water partition coefficient (Wildman–Crippen LogP) is 4.27. The quantitative estimate of drug-likeness (QED) is 0.291. The minimum atomic E-state index is -1.00. The monoisotopic (exact) mass is 487 g/mol. The van der Waals surface area contributed by atoms with Crippen LogP contribution in [0.3, 0.4) is 0 Å². The standard InChI is InChI=1S/C28H25NO7/c1-16-8-13-22(36-3)20(14-16)26(32)24-25(19-6-4-5-7-21(19)35-2)29(28(34)27(24)33)18-11-9-17(10-12-18)15-23(30)31/h4-14,25,32H,15H2,1-3H3,(H,30,31)/b26-24+. The fraction of sp³-hybridized carbons (Fsp3) is 0.179. The number of hydrogen-bond donors (Lipinski definition) is 2. The number of ether oxygens (including phenoxy) is 2. The topological polar surface area (TPSA) is 113 Å². The highest BCUT2D eigenvalue weighted by Gasteiger charge is 2.48. The number of carboxylic acids is 1. The predicted molar refractivity (Wildman–Crippen MR) is 133 cm³/mol. The number of Topliss-reactive ketones (excluding diaryl/α,β-unsaturated/α-hetero) is 1. The first-order chi connectivity index (χ1) is 17.3. The Kier molecular flexibility index (Phi) is 6.78. The molecule has 1 aliphatic rings. The van der Waals surface area contributed by atoms with Gasteiger partial charge in [0.25, 0.3) is 11.7 Å². The summed E-state index contributed by atoms with van der Waals surface area (Å²) in [4.78, 5) is 39.2. The van der Waals surface area contributed by atoms with Crippen LogP contribution in [0.25, 0.3) is 5.76 Å². The van der Waals surface area contributed by atoms with Crippen LogP contribution in [0.1, 0.15) is 28.3 Å². The summed E-state index contributed by atoms with van der Waals surface area (Å²) < 4.78 is 10.9. The summed E-state index contributed by atoms with van der Waals surface area (Å²) in [7, 11) is 2.94. The van der Waals surface area contributed by atoms with Crippen LogP contribution in [-0.4, -0.2) is 42.1 Å². The van der Waals surface area contributed by atoms with Gasteiger partial charge in [0.05, 0.1) is 37.8 Å². The third-order valence-electron chi connectivity index (χ3n) is 6.06. The van der Waals surface area contributed by atoms with E-state index in [2.05, 4.69) is 0 Å². The van der Waals surface area contributed by atoms with Crippen LogP contribution in [0, 0.1) is 6.92 Å². The molecule has 0 saturated carbocycles. The van der Waals surface area contributed by atoms with E-state index >= 15 is 0 Å². The number of amides is 1. The van der Waals surface area contributed by atoms with Crippen molar-refractivity contribution in [1.82, 2.24) is 0 Å². The molecule has 0 bridgehead atoms. The molecule has 1 atom stereocenters. The Balaban J connectivity index is 1.96. The molecule has 3 aromatic carbocycles. The summed E-state index contributed by atoms with van der Waals surface area (Å²) in [6.07, 6.45) is -0.178. The highest BCUT2D eigenvalue weighted by atomic mass is 16.5. The van der Waals surface area contributed by atoms with Gasteiger partial charge >= 0.3 is 5.97 Å². The Labute approximate surface area is 208 Å². The van der Waals surface area contributed by atoms with Gasteiger partial charge in [0.1, 0.15) is 17.3 Å². The van der Waals surface area contributed by atoms with Crippen LogP contribution >= 0.6 is 0 Å². The van der Waals surface area contributed by atoms with Gasteiger partial charge in [-0.1, -0.05) is 42.0 Å². The molecule has 8 nitrogen and oxygen atoms in total. The molecule has 0 aromatic heterocycles. The van der Waals surface area contributed by atoms with Crippen molar-refractivity contribution in [3.8, 4) is 11.5 Å². The molecule has 1 aliphatic heterocycles. The van der Waals surface area contributed by atoms with Crippen LogP contribution < -0.4 is 14.4 Å². The molecular formula is C28H25NO7. The summed E-state index contributed by atoms with van der Waals surface area (Å²) >= 11 is 0. The van der Waals surface area contributed by atoms with E-state index < -0.39 is 23.7 Å². The number of aryl methyl sites for hydroxylation is 1. The first-order valence-electron chi connectivity index (χ1n) is 11.2. The van der Waals surface area contributed by atoms with Crippen molar-refractivity contribution in [3.05, 3.63) is 94.6 Å². The van der Waals surface area contributed by atoms with E-state index in [0.717, 1.165) is 5.56 Å². The third-order valence-corrected chi connectivity index (χ3v) is 6.06. The maximum atomic E-state index is 13.4. The summed E-state index contributed by atoms with van der Waals surface area (Å²) in [5.41, 5.74) is 2.42. The van der Waals surface area contributed by atoms with Gasteiger partial charge in [0.2, 0.25) is 0 Å². The first kappa shape index (κ1) is 24.5. The molecule has 0 radical (unpaired) electrons. The van der Waals surface area contributed by atoms with Gasteiger partial charge in [0.15, 0.2) is 0 Å². The molecule has 1 amide bonds. The number of ketones is 1. The average molecular weight is 488 g/mol. The number of benzene rings is 3. The van der Waals surface area contributed by atoms with Crippen molar-refractivity contribution in [2.45, 2.75) is 19.4 Å². The molecule has 1 fully saturated rings. The number of carboxylic acid groups (broad SMARTS) is 1. The van der Waals surface area contributed by atoms with Gasteiger partial charge in [0, 0.05) is 11.3 Å². The SMILES string of the molecule is COc1ccc(C)cc1/C(O)=C1\C(=O)C(=O)N(c2ccc(CC(=O)O)cc2)C1c1ccccc1OC. The molecule has 0 spiro atoms. The van der Waals surface area contributed by atoms with Crippen molar-refractivity contribution in [2.75, 3.05) is 19.1 Å². The van der Waals surface area contributed by atoms with E-state index in [1.807, 2.05) is 13.0 Å². The minimum absolute atomic E-state index is 0.108. The summed E-state index contributed by atoms with van der Waals surface area (Å²) in [5.74, 6) is -2.26. The van der Waals surface area contributed by atoms with Crippen molar-refractivity contribution in [1.29, 1.82) is 0 Å². The van der Waals surface area contributed by atoms with Gasteiger partial charge in [-0.15, -0.1) is 0 Å². The molecule has 184 valence electrons. The number of aliphatic hydroxyl groups excluding tert-OH is 1. The van der Waals surface area contributed by atoms with E-state index in [1.54, 1.807) is 60.7 Å². The van der Waals surface area contributed by atoms with E-state index in [-0.39, 0.29) is 23.3 Å². The maximum Gasteiger partial charge on any atom is 0.307 e. The van der Waals surface area contributed by atoms with E-state index in [1.165, 1.54) is 19.1 Å². The molecule has 4 rings (SSSR count). The second-order valence-electron chi connectivity index (χ2n) is 8.35. The molecule has 8 heteroatoms. The second-order valence-corrected chi connectivity index (χ2v) is 8.35. The maximum absolute atomic E-state index is 13.4. The highest BCUT2D eigenvalue weighted by molar-refractivity contribution is 6.51. The van der Waals surface area contributed by atoms with Gasteiger partial charge < -0.3 is 19.7 Å². The largest absolute Gasteiger partial charge is 0.507 e. The number of methoxy groups -OCH3 is 2. The van der Waals surface area contributed by atoms with Crippen LogP contribution in [0.4, 0.5) is 5.69 Å². The number of nitrogens with zero attached hydrogens (tertiary/aromatic N) is 1. The Bertz CT molecular complexity index is 1370. The smallest absolute Gasteiger partial charge is 0.307 e. The van der Waals surface area contributed by atoms with E-state index in [0.29, 0.717) is 28.3 Å². The molecule has 1 saturated heterocycles. The van der Waals surface area contributed by atoms with E-state index in [4.69, 9.17) is 14.6 Å². The van der Waals surface area contributed by atoms with Crippen molar-refractivity contribution in [2.24, 2.45) is 0 Å². The number of hydrogen-bond acceptors (Lipinski definition) is 6. The van der Waals surface area contributed by atoms with Gasteiger partial charge in [-0.05, 0) is 42.8 Å². The third kappa shape index (κ3) is 4.40. The zero-order chi connectivity index (χ0) is 26.0. The van der Waals surface area contributed by atoms with Crippen LogP contribution in [0.2, 0.25) is 0 Å². The number of carbonyl (C=O) groups is 3. The van der Waals surface area contributed by atoms with Crippen LogP contribution in [0.15, 0.2) is 72.3 Å². The Morgan fingerprint density at radius 2 is 1.58 bits per heavy atom. The fourth-order valence-corrected chi connectivity index (χ4v) is 4.39. The van der Waals surface area contributed by atoms with Gasteiger partial charge in [-0.25, -0.2) is 0 Å². The van der Waals surface area contributed by atoms with E-state index in [9.17, 15) is 19.5 Å². The summed E-state index contributed by atoms with van der Waals surface area (Å²) in [5, 5.41) is 20.5. The summed E-state index contributed by atoms with van der Waals surface area (Å²) in [6, 6.07) is 17.5. The Morgan fingerprint density at radius 3 is 2.22 bits per heavy atom. The number of aliphatic carboxylic acids is 1. The fourth-order valence-electron chi connectivity index (χ4n) is 4.39. The molecule has 1 heterocycles. The molecule has 3 aromatic rings. The zero-order valence-electron chi connectivity index (χ0n) is 20.0. The first-order valence-corrected chi connectivity index (χ1v) is 11.2. The van der Waals surface area contributed by atoms with Gasteiger partial charge in [-0.3, -0.25) is 19.3 Å². The number of anilines is 1. The number of carbonyl (C=O) groups excluding carboxylic acids is 2. The van der Waals surface area contributed by atoms with Gasteiger partial charge in [-0.2, -0.15) is 0 Å². The Morgan fingerprint density at radius 1 is 0.917 bits per heavy atom. The highest BCUT2D eigenvalue weighted by Crippen LogP contribution is 2.45. The number of para-hydroxylation sites is 1. The Hall–Kier alpha value is -4.59. The lowest BCUT2D eigenvalue weighted by Crippen LogP contribution is -2.29. The lowest BCUT2D eigenvalue weighted by atomic mass is 9.93. The normalized spacial score (nSPS) is 16.8. The van der Waals surface area contributed by atoms with Crippen molar-refractivity contribution < 1.29 is 34.1 Å². The number of aliphatic hydroxyl groups is 1. The minimum Gasteiger partial charge on any atom is -0.507 e. The van der Waals surface area contributed by atoms with Crippen LogP contribution in [0.5, 0.6) is 11.5 Å². The second kappa shape index (κ2) is 9.95. The van der Waals surface area contributed by atoms with Crippen LogP contribution in [-0.2, 0) is 20.8 Å². The average Bonchev–Trinajstić information content (AvgIpc) is 3.13. The van der Waals surface area contributed by atoms with Crippen molar-refractivity contribution in [3.63, 3.8) is 0 Å². The number of rotatable bonds is 7. The van der Waals surface area contributed by atoms with Crippen molar-refractivity contribution >= 4 is 29.1 Å². The zero-order valence-corrected chi connectivity index (χ0v) is 20.0. The molecule has 2 N–H and O–H groups in total. The summed E-state index contributed by atoms with van der Waals surface area (Å²) in [6.45, 7) is 1.84. The lowest BCUT2D eigenvalue weighted by molar-refractivity contribution is -0.136. The molecular weight excluding hydrogens is 462 g/mol. The molecule has 0 aliphatic carbocycles.